The smallest absolute Gasteiger partial charge is 0.193 e. The zero-order valence-electron chi connectivity index (χ0n) is 10.1. The number of nitrogens with zero attached hydrogens (tertiary/aromatic N) is 3. The molecule has 6 heteroatoms. The predicted molar refractivity (Wildman–Crippen MR) is 77.9 cm³/mol. The van der Waals surface area contributed by atoms with E-state index in [2.05, 4.69) is 25.9 Å². The number of hydrogen-bond acceptors (Lipinski definition) is 4. The average molecular weight is 280 g/mol. The maximum absolute atomic E-state index is 5.59. The monoisotopic (exact) mass is 280 g/mol. The summed E-state index contributed by atoms with van der Waals surface area (Å²) in [7, 11) is 0. The molecule has 0 atom stereocenters. The van der Waals surface area contributed by atoms with Crippen molar-refractivity contribution in [2.75, 3.05) is 6.54 Å². The van der Waals surface area contributed by atoms with E-state index in [0.29, 0.717) is 11.0 Å². The van der Waals surface area contributed by atoms with Gasteiger partial charge in [-0.1, -0.05) is 12.2 Å². The van der Waals surface area contributed by atoms with Gasteiger partial charge in [-0.2, -0.15) is 0 Å². The maximum atomic E-state index is 5.59. The minimum Gasteiger partial charge on any atom is -0.393 e. The van der Waals surface area contributed by atoms with Gasteiger partial charge in [0, 0.05) is 43.3 Å². The lowest BCUT2D eigenvalue weighted by Gasteiger charge is -2.20. The summed E-state index contributed by atoms with van der Waals surface area (Å²) in [5.41, 5.74) is 6.72. The van der Waals surface area contributed by atoms with Crippen molar-refractivity contribution in [3.8, 4) is 0 Å². The standard InChI is InChI=1S/C12H16N4S2/c13-11(17)3-4-15(10-1-2-10)7-9-8-16-5-6-18-12(16)14-9/h5-6,8,10H,1-4,7H2,(H2,13,17). The predicted octanol–water partition coefficient (Wildman–Crippen LogP) is 2.04. The fraction of sp³-hybridized carbons (Fsp3) is 0.500. The third-order valence-electron chi connectivity index (χ3n) is 3.22. The van der Waals surface area contributed by atoms with Crippen LogP contribution in [-0.4, -0.2) is 31.9 Å². The molecular formula is C12H16N4S2. The summed E-state index contributed by atoms with van der Waals surface area (Å²) >= 11 is 6.63. The summed E-state index contributed by atoms with van der Waals surface area (Å²) in [4.78, 5) is 8.74. The molecule has 1 aliphatic rings. The molecule has 0 aromatic carbocycles. The van der Waals surface area contributed by atoms with Gasteiger partial charge in [0.25, 0.3) is 0 Å². The van der Waals surface area contributed by atoms with Gasteiger partial charge in [0.2, 0.25) is 0 Å². The van der Waals surface area contributed by atoms with Gasteiger partial charge in [0.15, 0.2) is 4.96 Å². The van der Waals surface area contributed by atoms with Gasteiger partial charge in [0.1, 0.15) is 0 Å². The van der Waals surface area contributed by atoms with Crippen LogP contribution in [0.3, 0.4) is 0 Å². The molecule has 96 valence electrons. The molecule has 2 N–H and O–H groups in total. The maximum Gasteiger partial charge on any atom is 0.193 e. The van der Waals surface area contributed by atoms with Crippen molar-refractivity contribution >= 4 is 33.5 Å². The lowest BCUT2D eigenvalue weighted by Crippen LogP contribution is -2.29. The number of fused-ring (bicyclic) bond motifs is 1. The molecule has 2 aromatic heterocycles. The molecule has 2 aromatic rings. The highest BCUT2D eigenvalue weighted by molar-refractivity contribution is 7.80. The molecule has 1 aliphatic carbocycles. The Morgan fingerprint density at radius 3 is 3.11 bits per heavy atom. The van der Waals surface area contributed by atoms with Gasteiger partial charge in [-0.3, -0.25) is 9.30 Å². The van der Waals surface area contributed by atoms with Crippen LogP contribution < -0.4 is 5.73 Å². The molecule has 1 fully saturated rings. The van der Waals surface area contributed by atoms with Crippen LogP contribution in [0.4, 0.5) is 0 Å². The molecular weight excluding hydrogens is 264 g/mol. The lowest BCUT2D eigenvalue weighted by atomic mass is 10.3. The minimum absolute atomic E-state index is 0.603. The van der Waals surface area contributed by atoms with Crippen LogP contribution >= 0.6 is 23.6 Å². The molecule has 4 nitrogen and oxygen atoms in total. The number of imidazole rings is 1. The van der Waals surface area contributed by atoms with E-state index in [1.165, 1.54) is 12.8 Å². The van der Waals surface area contributed by atoms with Crippen molar-refractivity contribution in [3.63, 3.8) is 0 Å². The number of aromatic nitrogens is 2. The molecule has 0 aliphatic heterocycles. The van der Waals surface area contributed by atoms with Crippen molar-refractivity contribution in [3.05, 3.63) is 23.5 Å². The van der Waals surface area contributed by atoms with Crippen molar-refractivity contribution in [2.24, 2.45) is 5.73 Å². The second kappa shape index (κ2) is 4.95. The topological polar surface area (TPSA) is 46.6 Å². The van der Waals surface area contributed by atoms with Crippen LogP contribution in [0.15, 0.2) is 17.8 Å². The highest BCUT2D eigenvalue weighted by Gasteiger charge is 2.29. The van der Waals surface area contributed by atoms with E-state index in [1.54, 1.807) is 11.3 Å². The van der Waals surface area contributed by atoms with Crippen LogP contribution in [0.25, 0.3) is 4.96 Å². The minimum atomic E-state index is 0.603. The van der Waals surface area contributed by atoms with E-state index in [0.717, 1.165) is 30.2 Å². The lowest BCUT2D eigenvalue weighted by molar-refractivity contribution is 0.260. The van der Waals surface area contributed by atoms with Gasteiger partial charge in [-0.05, 0) is 12.8 Å². The third-order valence-corrected chi connectivity index (χ3v) is 4.19. The number of thiocarbonyl (C=S) groups is 1. The SMILES string of the molecule is NC(=S)CCN(Cc1cn2ccsc2n1)C1CC1. The largest absolute Gasteiger partial charge is 0.393 e. The number of hydrogen-bond donors (Lipinski definition) is 1. The second-order valence-electron chi connectivity index (χ2n) is 4.74. The molecule has 0 radical (unpaired) electrons. The van der Waals surface area contributed by atoms with Crippen LogP contribution in [0.1, 0.15) is 25.0 Å². The summed E-state index contributed by atoms with van der Waals surface area (Å²) in [6.07, 6.45) is 7.54. The first-order chi connectivity index (χ1) is 8.72. The Labute approximate surface area is 115 Å². The van der Waals surface area contributed by atoms with E-state index in [4.69, 9.17) is 18.0 Å². The van der Waals surface area contributed by atoms with Gasteiger partial charge in [-0.25, -0.2) is 4.98 Å². The van der Waals surface area contributed by atoms with Gasteiger partial charge in [0.05, 0.1) is 10.7 Å². The fourth-order valence-corrected chi connectivity index (χ4v) is 2.95. The Hall–Kier alpha value is -0.980. The molecule has 1 saturated carbocycles. The highest BCUT2D eigenvalue weighted by atomic mass is 32.1. The average Bonchev–Trinajstić information content (AvgIpc) is 2.95. The van der Waals surface area contributed by atoms with Crippen molar-refractivity contribution in [1.82, 2.24) is 14.3 Å². The summed E-state index contributed by atoms with van der Waals surface area (Å²) in [6, 6.07) is 0.707. The third kappa shape index (κ3) is 2.71. The van der Waals surface area contributed by atoms with E-state index in [1.807, 2.05) is 6.20 Å². The van der Waals surface area contributed by atoms with Crippen molar-refractivity contribution < 1.29 is 0 Å². The van der Waals surface area contributed by atoms with E-state index in [9.17, 15) is 0 Å². The Kier molecular flexibility index (Phi) is 3.32. The number of nitrogens with two attached hydrogens (primary N) is 1. The van der Waals surface area contributed by atoms with Gasteiger partial charge < -0.3 is 5.73 Å². The van der Waals surface area contributed by atoms with Crippen LogP contribution in [0, 0.1) is 0 Å². The molecule has 0 bridgehead atoms. The number of thiazole rings is 1. The summed E-state index contributed by atoms with van der Waals surface area (Å²) in [5, 5.41) is 2.05. The Balaban J connectivity index is 1.67. The first-order valence-corrected chi connectivity index (χ1v) is 7.44. The van der Waals surface area contributed by atoms with Gasteiger partial charge in [-0.15, -0.1) is 11.3 Å². The first kappa shape index (κ1) is 12.1. The van der Waals surface area contributed by atoms with E-state index < -0.39 is 0 Å². The van der Waals surface area contributed by atoms with Crippen molar-refractivity contribution in [1.29, 1.82) is 0 Å². The zero-order chi connectivity index (χ0) is 12.5. The van der Waals surface area contributed by atoms with Crippen molar-refractivity contribution in [2.45, 2.75) is 31.8 Å². The Bertz CT molecular complexity index is 527. The molecule has 2 heterocycles. The molecule has 0 saturated heterocycles. The molecule has 0 spiro atoms. The zero-order valence-corrected chi connectivity index (χ0v) is 11.7. The quantitative estimate of drug-likeness (QED) is 0.823. The summed E-state index contributed by atoms with van der Waals surface area (Å²) in [5.74, 6) is 0. The normalized spacial score (nSPS) is 15.6. The Morgan fingerprint density at radius 2 is 2.44 bits per heavy atom. The summed E-state index contributed by atoms with van der Waals surface area (Å²) < 4.78 is 2.08. The van der Waals surface area contributed by atoms with Crippen LogP contribution in [0.5, 0.6) is 0 Å². The second-order valence-corrected chi connectivity index (χ2v) is 6.14. The molecule has 0 unspecified atom stereocenters. The highest BCUT2D eigenvalue weighted by Crippen LogP contribution is 2.28. The van der Waals surface area contributed by atoms with Crippen LogP contribution in [-0.2, 0) is 6.54 Å². The van der Waals surface area contributed by atoms with Crippen LogP contribution in [0.2, 0.25) is 0 Å². The van der Waals surface area contributed by atoms with Gasteiger partial charge >= 0.3 is 0 Å². The van der Waals surface area contributed by atoms with E-state index >= 15 is 0 Å². The number of rotatable bonds is 6. The molecule has 3 rings (SSSR count). The van der Waals surface area contributed by atoms with E-state index in [-0.39, 0.29) is 0 Å². The first-order valence-electron chi connectivity index (χ1n) is 6.16. The molecule has 18 heavy (non-hydrogen) atoms. The molecule has 0 amide bonds. The summed E-state index contributed by atoms with van der Waals surface area (Å²) in [6.45, 7) is 1.85. The fourth-order valence-electron chi connectivity index (χ4n) is 2.14. The Morgan fingerprint density at radius 1 is 1.61 bits per heavy atom.